The van der Waals surface area contributed by atoms with Crippen LogP contribution in [0.5, 0.6) is 0 Å². The van der Waals surface area contributed by atoms with E-state index < -0.39 is 0 Å². The fourth-order valence-electron chi connectivity index (χ4n) is 2.23. The summed E-state index contributed by atoms with van der Waals surface area (Å²) in [6, 6.07) is 0.174. The number of rotatable bonds is 3. The van der Waals surface area contributed by atoms with Gasteiger partial charge in [0, 0.05) is 32.4 Å². The van der Waals surface area contributed by atoms with E-state index in [4.69, 9.17) is 4.52 Å². The van der Waals surface area contributed by atoms with E-state index in [0.717, 1.165) is 37.6 Å². The van der Waals surface area contributed by atoms with Crippen LogP contribution in [0.3, 0.4) is 0 Å². The van der Waals surface area contributed by atoms with Gasteiger partial charge in [-0.1, -0.05) is 5.16 Å². The molecule has 1 saturated heterocycles. The second-order valence-corrected chi connectivity index (χ2v) is 4.74. The van der Waals surface area contributed by atoms with E-state index in [1.807, 2.05) is 17.8 Å². The Balaban J connectivity index is 1.82. The third-order valence-electron chi connectivity index (χ3n) is 3.46. The van der Waals surface area contributed by atoms with Crippen LogP contribution in [0.25, 0.3) is 11.5 Å². The lowest BCUT2D eigenvalue weighted by molar-refractivity contribution is 0.190. The van der Waals surface area contributed by atoms with Crippen LogP contribution in [0.15, 0.2) is 16.9 Å². The lowest BCUT2D eigenvalue weighted by atomic mass is 10.2. The molecule has 2 aromatic heterocycles. The third kappa shape index (κ3) is 2.39. The minimum atomic E-state index is 0.174. The number of hydrogen-bond acceptors (Lipinski definition) is 6. The number of nitrogens with one attached hydrogen (secondary N) is 1. The van der Waals surface area contributed by atoms with Crippen LogP contribution in [-0.2, 0) is 6.54 Å². The van der Waals surface area contributed by atoms with Crippen molar-refractivity contribution in [2.75, 3.05) is 26.7 Å². The quantitative estimate of drug-likeness (QED) is 0.870. The van der Waals surface area contributed by atoms with E-state index in [9.17, 15) is 0 Å². The Morgan fingerprint density at radius 3 is 3.16 bits per heavy atom. The summed E-state index contributed by atoms with van der Waals surface area (Å²) in [5.74, 6) is 1.27. The van der Waals surface area contributed by atoms with Gasteiger partial charge in [-0.15, -0.1) is 0 Å². The smallest absolute Gasteiger partial charge is 0.261 e. The largest absolute Gasteiger partial charge is 0.334 e. The zero-order valence-electron chi connectivity index (χ0n) is 11.2. The maximum absolute atomic E-state index is 5.34. The van der Waals surface area contributed by atoms with Gasteiger partial charge >= 0.3 is 0 Å². The molecule has 1 aliphatic heterocycles. The molecule has 0 bridgehead atoms. The van der Waals surface area contributed by atoms with Crippen LogP contribution in [0, 0.1) is 0 Å². The monoisotopic (exact) mass is 262 g/mol. The molecule has 7 heteroatoms. The number of hydrogen-bond donors (Lipinski definition) is 1. The van der Waals surface area contributed by atoms with Gasteiger partial charge in [-0.25, -0.2) is 0 Å². The molecule has 7 nitrogen and oxygen atoms in total. The maximum atomic E-state index is 5.34. The lowest BCUT2D eigenvalue weighted by Crippen LogP contribution is -2.44. The van der Waals surface area contributed by atoms with Crippen molar-refractivity contribution in [3.8, 4) is 11.5 Å². The van der Waals surface area contributed by atoms with Crippen LogP contribution in [-0.4, -0.2) is 51.5 Å². The topological polar surface area (TPSA) is 72.0 Å². The highest BCUT2D eigenvalue weighted by Gasteiger charge is 2.25. The predicted molar refractivity (Wildman–Crippen MR) is 69.4 cm³/mol. The summed E-state index contributed by atoms with van der Waals surface area (Å²) < 4.78 is 7.18. The number of likely N-dealkylation sites (N-methyl/N-ethyl adjacent to an activating group) is 1. The molecule has 0 aromatic carbocycles. The van der Waals surface area contributed by atoms with Gasteiger partial charge in [0.15, 0.2) is 5.82 Å². The third-order valence-corrected chi connectivity index (χ3v) is 3.46. The Bertz CT molecular complexity index is 548. The summed E-state index contributed by atoms with van der Waals surface area (Å²) in [7, 11) is 2.08. The molecule has 0 amide bonds. The van der Waals surface area contributed by atoms with Crippen molar-refractivity contribution in [2.24, 2.45) is 0 Å². The molecule has 0 saturated carbocycles. The van der Waals surface area contributed by atoms with Crippen molar-refractivity contribution in [2.45, 2.75) is 19.5 Å². The van der Waals surface area contributed by atoms with Crippen LogP contribution in [0.4, 0.5) is 0 Å². The fourth-order valence-corrected chi connectivity index (χ4v) is 2.23. The summed E-state index contributed by atoms with van der Waals surface area (Å²) in [4.78, 5) is 6.73. The van der Waals surface area contributed by atoms with Crippen molar-refractivity contribution >= 4 is 0 Å². The van der Waals surface area contributed by atoms with Crippen LogP contribution in [0.2, 0.25) is 0 Å². The van der Waals surface area contributed by atoms with Gasteiger partial charge in [-0.05, 0) is 14.0 Å². The van der Waals surface area contributed by atoms with E-state index in [0.29, 0.717) is 5.89 Å². The summed E-state index contributed by atoms with van der Waals surface area (Å²) in [6.07, 6.45) is 3.67. The highest BCUT2D eigenvalue weighted by molar-refractivity contribution is 5.49. The predicted octanol–water partition coefficient (Wildman–Crippen LogP) is 0.529. The molecule has 1 N–H and O–H groups in total. The standard InChI is InChI=1S/C12H18N6O/c1-3-18-8-9(6-14-18)12-15-11(16-19-12)10-7-13-4-5-17(10)2/h6,8,10,13H,3-5,7H2,1-2H3. The zero-order valence-corrected chi connectivity index (χ0v) is 11.2. The van der Waals surface area contributed by atoms with Crippen LogP contribution >= 0.6 is 0 Å². The molecule has 1 aliphatic rings. The van der Waals surface area contributed by atoms with E-state index in [1.54, 1.807) is 6.20 Å². The molecule has 1 fully saturated rings. The normalized spacial score (nSPS) is 20.8. The highest BCUT2D eigenvalue weighted by atomic mass is 16.5. The van der Waals surface area contributed by atoms with E-state index >= 15 is 0 Å². The summed E-state index contributed by atoms with van der Waals surface area (Å²) in [6.45, 7) is 5.71. The molecule has 102 valence electrons. The number of piperazine rings is 1. The first-order chi connectivity index (χ1) is 9.28. The van der Waals surface area contributed by atoms with Gasteiger partial charge in [-0.3, -0.25) is 9.58 Å². The van der Waals surface area contributed by atoms with Gasteiger partial charge in [0.2, 0.25) is 0 Å². The number of aromatic nitrogens is 4. The molecule has 0 spiro atoms. The molecular formula is C12H18N6O. The van der Waals surface area contributed by atoms with E-state index in [-0.39, 0.29) is 6.04 Å². The Hall–Kier alpha value is -1.73. The first kappa shape index (κ1) is 12.3. The Morgan fingerprint density at radius 2 is 2.42 bits per heavy atom. The van der Waals surface area contributed by atoms with Crippen molar-refractivity contribution < 1.29 is 4.52 Å². The maximum Gasteiger partial charge on any atom is 0.261 e. The Kier molecular flexibility index (Phi) is 3.31. The van der Waals surface area contributed by atoms with Crippen LogP contribution < -0.4 is 5.32 Å². The van der Waals surface area contributed by atoms with E-state index in [1.165, 1.54) is 0 Å². The second kappa shape index (κ2) is 5.10. The molecule has 3 heterocycles. The van der Waals surface area contributed by atoms with Crippen LogP contribution in [0.1, 0.15) is 18.8 Å². The Morgan fingerprint density at radius 1 is 1.53 bits per heavy atom. The minimum absolute atomic E-state index is 0.174. The zero-order chi connectivity index (χ0) is 13.2. The van der Waals surface area contributed by atoms with Crippen molar-refractivity contribution in [1.29, 1.82) is 0 Å². The molecule has 1 atom stereocenters. The molecule has 2 aromatic rings. The van der Waals surface area contributed by atoms with Crippen molar-refractivity contribution in [1.82, 2.24) is 30.1 Å². The summed E-state index contributed by atoms with van der Waals surface area (Å²) in [5.41, 5.74) is 0.868. The average molecular weight is 262 g/mol. The highest BCUT2D eigenvalue weighted by Crippen LogP contribution is 2.22. The minimum Gasteiger partial charge on any atom is -0.334 e. The number of nitrogens with zero attached hydrogens (tertiary/aromatic N) is 5. The Labute approximate surface area is 111 Å². The van der Waals surface area contributed by atoms with Gasteiger partial charge in [0.25, 0.3) is 5.89 Å². The first-order valence-corrected chi connectivity index (χ1v) is 6.55. The second-order valence-electron chi connectivity index (χ2n) is 4.74. The summed E-state index contributed by atoms with van der Waals surface area (Å²) >= 11 is 0. The van der Waals surface area contributed by atoms with Gasteiger partial charge < -0.3 is 9.84 Å². The van der Waals surface area contributed by atoms with Gasteiger partial charge in [-0.2, -0.15) is 10.1 Å². The fraction of sp³-hybridized carbons (Fsp3) is 0.583. The van der Waals surface area contributed by atoms with Crippen molar-refractivity contribution in [3.05, 3.63) is 18.2 Å². The SMILES string of the molecule is CCn1cc(-c2nc(C3CNCCN3C)no2)cn1. The summed E-state index contributed by atoms with van der Waals surface area (Å²) in [5, 5.41) is 11.7. The molecule has 1 unspecified atom stereocenters. The number of aryl methyl sites for hydroxylation is 1. The molecule has 19 heavy (non-hydrogen) atoms. The van der Waals surface area contributed by atoms with Gasteiger partial charge in [0.05, 0.1) is 17.8 Å². The molecule has 3 rings (SSSR count). The van der Waals surface area contributed by atoms with E-state index in [2.05, 4.69) is 32.5 Å². The first-order valence-electron chi connectivity index (χ1n) is 6.55. The lowest BCUT2D eigenvalue weighted by Gasteiger charge is -2.30. The van der Waals surface area contributed by atoms with Crippen molar-refractivity contribution in [3.63, 3.8) is 0 Å². The van der Waals surface area contributed by atoms with Gasteiger partial charge in [0.1, 0.15) is 0 Å². The molecule has 0 aliphatic carbocycles. The molecule has 0 radical (unpaired) electrons. The molecular weight excluding hydrogens is 244 g/mol. The average Bonchev–Trinajstić information content (AvgIpc) is 3.08.